The van der Waals surface area contributed by atoms with Crippen molar-refractivity contribution in [1.82, 2.24) is 0 Å². The third-order valence-electron chi connectivity index (χ3n) is 5.47. The normalized spacial score (nSPS) is 23.6. The molecule has 1 aliphatic rings. The highest BCUT2D eigenvalue weighted by Gasteiger charge is 2.40. The van der Waals surface area contributed by atoms with Gasteiger partial charge in [-0.3, -0.25) is 0 Å². The van der Waals surface area contributed by atoms with Crippen LogP contribution in [0.25, 0.3) is 0 Å². The Morgan fingerprint density at radius 1 is 0.929 bits per heavy atom. The molecule has 166 valence electrons. The van der Waals surface area contributed by atoms with Crippen molar-refractivity contribution in [3.05, 3.63) is 12.2 Å². The van der Waals surface area contributed by atoms with Crippen LogP contribution in [0.3, 0.4) is 0 Å². The minimum Gasteiger partial charge on any atom is -0.394 e. The van der Waals surface area contributed by atoms with Crippen molar-refractivity contribution < 1.29 is 24.8 Å². The average molecular weight is 401 g/mol. The van der Waals surface area contributed by atoms with E-state index in [-0.39, 0.29) is 6.61 Å². The maximum atomic E-state index is 10.1. The van der Waals surface area contributed by atoms with E-state index in [9.17, 15) is 10.2 Å². The highest BCUT2D eigenvalue weighted by Crippen LogP contribution is 2.20. The molecule has 0 spiro atoms. The smallest absolute Gasteiger partial charge is 0.114 e. The Balaban J connectivity index is 1.83. The van der Waals surface area contributed by atoms with E-state index >= 15 is 0 Å². The lowest BCUT2D eigenvalue weighted by Gasteiger charge is -2.20. The van der Waals surface area contributed by atoms with Gasteiger partial charge in [0.2, 0.25) is 0 Å². The highest BCUT2D eigenvalue weighted by molar-refractivity contribution is 4.88. The van der Waals surface area contributed by atoms with Gasteiger partial charge in [-0.15, -0.1) is 0 Å². The van der Waals surface area contributed by atoms with Crippen LogP contribution in [0.4, 0.5) is 0 Å². The van der Waals surface area contributed by atoms with E-state index in [1.165, 1.54) is 70.6 Å². The van der Waals surface area contributed by atoms with Crippen molar-refractivity contribution in [3.63, 3.8) is 0 Å². The molecule has 0 unspecified atom stereocenters. The predicted octanol–water partition coefficient (Wildman–Crippen LogP) is 4.13. The van der Waals surface area contributed by atoms with E-state index in [1.807, 2.05) is 0 Å². The summed E-state index contributed by atoms with van der Waals surface area (Å²) in [4.78, 5) is 0. The molecular weight excluding hydrogens is 356 g/mol. The number of hydrogen-bond donors (Lipinski definition) is 3. The van der Waals surface area contributed by atoms with Gasteiger partial charge in [0, 0.05) is 6.61 Å². The molecule has 1 fully saturated rings. The number of unbranched alkanes of at least 4 members (excludes halogenated alkanes) is 11. The Kier molecular flexibility index (Phi) is 15.9. The van der Waals surface area contributed by atoms with Crippen LogP contribution < -0.4 is 0 Å². The first kappa shape index (κ1) is 25.6. The van der Waals surface area contributed by atoms with Crippen LogP contribution in [-0.4, -0.2) is 59.6 Å². The largest absolute Gasteiger partial charge is 0.394 e. The zero-order valence-electron chi connectivity index (χ0n) is 17.9. The van der Waals surface area contributed by atoms with Gasteiger partial charge >= 0.3 is 0 Å². The van der Waals surface area contributed by atoms with Gasteiger partial charge in [-0.1, -0.05) is 76.9 Å². The van der Waals surface area contributed by atoms with Crippen LogP contribution in [0.5, 0.6) is 0 Å². The molecule has 0 aromatic carbocycles. The molecule has 28 heavy (non-hydrogen) atoms. The summed E-state index contributed by atoms with van der Waals surface area (Å²) in [7, 11) is 0. The fourth-order valence-electron chi connectivity index (χ4n) is 3.60. The molecule has 3 N–H and O–H groups in total. The molecule has 0 aliphatic carbocycles. The average Bonchev–Trinajstić information content (AvgIpc) is 3.07. The second-order valence-corrected chi connectivity index (χ2v) is 8.03. The van der Waals surface area contributed by atoms with Crippen LogP contribution in [-0.2, 0) is 9.47 Å². The summed E-state index contributed by atoms with van der Waals surface area (Å²) in [6, 6.07) is 0. The summed E-state index contributed by atoms with van der Waals surface area (Å²) in [5.74, 6) is 0. The van der Waals surface area contributed by atoms with Crippen LogP contribution in [0, 0.1) is 0 Å². The minimum absolute atomic E-state index is 0.275. The van der Waals surface area contributed by atoms with E-state index in [0.29, 0.717) is 6.61 Å². The summed E-state index contributed by atoms with van der Waals surface area (Å²) in [5, 5.41) is 28.6. The lowest BCUT2D eigenvalue weighted by Crippen LogP contribution is -2.41. The molecule has 0 radical (unpaired) electrons. The molecular formula is C23H44O5. The standard InChI is InChI=1S/C23H44O5/c1-2-3-4-5-6-7-8-9-10-11-12-13-14-15-16-17-27-21-19-28-23(22(21)26)20(25)18-24/h5-6,20-26H,2-4,7-19H2,1H3/b6-5+/t20-,21+,22+,23+/m1/s1. The van der Waals surface area contributed by atoms with Crippen molar-refractivity contribution in [1.29, 1.82) is 0 Å². The van der Waals surface area contributed by atoms with E-state index in [2.05, 4.69) is 19.1 Å². The van der Waals surface area contributed by atoms with Gasteiger partial charge in [-0.25, -0.2) is 0 Å². The molecule has 1 heterocycles. The molecule has 5 nitrogen and oxygen atoms in total. The van der Waals surface area contributed by atoms with Gasteiger partial charge < -0.3 is 24.8 Å². The third kappa shape index (κ3) is 11.5. The van der Waals surface area contributed by atoms with Crippen molar-refractivity contribution >= 4 is 0 Å². The van der Waals surface area contributed by atoms with Crippen LogP contribution in [0.2, 0.25) is 0 Å². The highest BCUT2D eigenvalue weighted by atomic mass is 16.6. The quantitative estimate of drug-likeness (QED) is 0.238. The molecule has 0 aromatic rings. The fraction of sp³-hybridized carbons (Fsp3) is 0.913. The summed E-state index contributed by atoms with van der Waals surface area (Å²) < 4.78 is 11.0. The van der Waals surface area contributed by atoms with Gasteiger partial charge in [0.05, 0.1) is 13.2 Å². The van der Waals surface area contributed by atoms with Gasteiger partial charge in [0.1, 0.15) is 24.4 Å². The number of aliphatic hydroxyl groups excluding tert-OH is 3. The Bertz CT molecular complexity index is 374. The van der Waals surface area contributed by atoms with Gasteiger partial charge in [0.25, 0.3) is 0 Å². The molecule has 0 bridgehead atoms. The minimum atomic E-state index is -1.05. The Morgan fingerprint density at radius 2 is 1.50 bits per heavy atom. The number of rotatable bonds is 18. The summed E-state index contributed by atoms with van der Waals surface area (Å²) in [6.07, 6.45) is 18.1. The Hall–Kier alpha value is -0.460. The lowest BCUT2D eigenvalue weighted by atomic mass is 10.1. The van der Waals surface area contributed by atoms with Crippen LogP contribution in [0.15, 0.2) is 12.2 Å². The van der Waals surface area contributed by atoms with E-state index < -0.39 is 31.0 Å². The lowest BCUT2D eigenvalue weighted by molar-refractivity contribution is -0.0730. The topological polar surface area (TPSA) is 79.2 Å². The maximum Gasteiger partial charge on any atom is 0.114 e. The van der Waals surface area contributed by atoms with Crippen molar-refractivity contribution in [3.8, 4) is 0 Å². The fourth-order valence-corrected chi connectivity index (χ4v) is 3.60. The number of ether oxygens (including phenoxy) is 2. The molecule has 1 aliphatic heterocycles. The zero-order chi connectivity index (χ0) is 20.5. The first-order chi connectivity index (χ1) is 13.7. The molecule has 0 saturated carbocycles. The summed E-state index contributed by atoms with van der Waals surface area (Å²) in [6.45, 7) is 2.71. The molecule has 5 heteroatoms. The summed E-state index contributed by atoms with van der Waals surface area (Å²) >= 11 is 0. The molecule has 4 atom stereocenters. The molecule has 0 aromatic heterocycles. The molecule has 0 amide bonds. The van der Waals surface area contributed by atoms with Gasteiger partial charge in [-0.05, 0) is 25.7 Å². The first-order valence-corrected chi connectivity index (χ1v) is 11.6. The first-order valence-electron chi connectivity index (χ1n) is 11.6. The second kappa shape index (κ2) is 17.4. The van der Waals surface area contributed by atoms with Crippen molar-refractivity contribution in [2.75, 3.05) is 19.8 Å². The molecule has 1 saturated heterocycles. The number of allylic oxidation sites excluding steroid dienone is 2. The Labute approximate surface area is 172 Å². The van der Waals surface area contributed by atoms with Crippen LogP contribution >= 0.6 is 0 Å². The number of hydrogen-bond acceptors (Lipinski definition) is 5. The van der Waals surface area contributed by atoms with Crippen molar-refractivity contribution in [2.45, 2.75) is 115 Å². The van der Waals surface area contributed by atoms with Gasteiger partial charge in [0.15, 0.2) is 0 Å². The summed E-state index contributed by atoms with van der Waals surface area (Å²) in [5.41, 5.74) is 0. The second-order valence-electron chi connectivity index (χ2n) is 8.03. The van der Waals surface area contributed by atoms with Crippen LogP contribution in [0.1, 0.15) is 90.4 Å². The maximum absolute atomic E-state index is 10.1. The zero-order valence-corrected chi connectivity index (χ0v) is 17.9. The van der Waals surface area contributed by atoms with E-state index in [1.54, 1.807) is 0 Å². The SMILES string of the molecule is CCCC/C=C/CCCCCCCCCCCO[C@H]1CO[C@@H]([C@H](O)CO)[C@H]1O. The Morgan fingerprint density at radius 3 is 2.11 bits per heavy atom. The van der Waals surface area contributed by atoms with Gasteiger partial charge in [-0.2, -0.15) is 0 Å². The van der Waals surface area contributed by atoms with E-state index in [4.69, 9.17) is 14.6 Å². The van der Waals surface area contributed by atoms with E-state index in [0.717, 1.165) is 12.8 Å². The third-order valence-corrected chi connectivity index (χ3v) is 5.47. The predicted molar refractivity (Wildman–Crippen MR) is 113 cm³/mol. The van der Waals surface area contributed by atoms with Crippen molar-refractivity contribution in [2.24, 2.45) is 0 Å². The monoisotopic (exact) mass is 400 g/mol. The number of aliphatic hydroxyl groups is 3. The molecule has 1 rings (SSSR count).